The molecule has 6 nitrogen and oxygen atoms in total. The van der Waals surface area contributed by atoms with Crippen molar-refractivity contribution in [1.29, 1.82) is 0 Å². The second-order valence-electron chi connectivity index (χ2n) is 6.68. The van der Waals surface area contributed by atoms with E-state index in [0.29, 0.717) is 23.7 Å². The Labute approximate surface area is 158 Å². The van der Waals surface area contributed by atoms with Gasteiger partial charge in [-0.05, 0) is 51.0 Å². The Kier molecular flexibility index (Phi) is 7.45. The van der Waals surface area contributed by atoms with Crippen LogP contribution in [0.2, 0.25) is 5.02 Å². The van der Waals surface area contributed by atoms with E-state index in [1.807, 2.05) is 0 Å². The summed E-state index contributed by atoms with van der Waals surface area (Å²) in [6.45, 7) is 4.82. The summed E-state index contributed by atoms with van der Waals surface area (Å²) >= 11 is 5.85. The molecule has 1 N–H and O–H groups in total. The first kappa shape index (κ1) is 20.2. The molecule has 26 heavy (non-hydrogen) atoms. The Balaban J connectivity index is 1.83. The third-order valence-electron chi connectivity index (χ3n) is 4.17. The number of hydrogen-bond donors (Lipinski definition) is 1. The molecule has 1 aliphatic rings. The standard InChI is InChI=1S/C19H25ClN2O4/c1-13(2)26-17(23)9-10-21-18(24)15-4-3-11-22(12-15)19(25)14-5-7-16(20)8-6-14/h5-8,13,15H,3-4,9-12H2,1-2H3,(H,21,24). The maximum absolute atomic E-state index is 12.6. The van der Waals surface area contributed by atoms with E-state index in [1.165, 1.54) is 0 Å². The Morgan fingerprint density at radius 1 is 1.27 bits per heavy atom. The number of carbonyl (C=O) groups excluding carboxylic acids is 3. The lowest BCUT2D eigenvalue weighted by Crippen LogP contribution is -2.45. The smallest absolute Gasteiger partial charge is 0.307 e. The molecule has 1 aromatic carbocycles. The Hall–Kier alpha value is -2.08. The van der Waals surface area contributed by atoms with Gasteiger partial charge in [-0.15, -0.1) is 0 Å². The highest BCUT2D eigenvalue weighted by molar-refractivity contribution is 6.30. The van der Waals surface area contributed by atoms with Crippen LogP contribution in [-0.4, -0.2) is 48.4 Å². The second kappa shape index (κ2) is 9.57. The van der Waals surface area contributed by atoms with Crippen LogP contribution >= 0.6 is 11.6 Å². The van der Waals surface area contributed by atoms with Crippen molar-refractivity contribution in [3.63, 3.8) is 0 Å². The van der Waals surface area contributed by atoms with Crippen LogP contribution in [-0.2, 0) is 14.3 Å². The topological polar surface area (TPSA) is 75.7 Å². The summed E-state index contributed by atoms with van der Waals surface area (Å²) < 4.78 is 5.03. The highest BCUT2D eigenvalue weighted by Crippen LogP contribution is 2.20. The largest absolute Gasteiger partial charge is 0.463 e. The van der Waals surface area contributed by atoms with Gasteiger partial charge in [0.2, 0.25) is 5.91 Å². The summed E-state index contributed by atoms with van der Waals surface area (Å²) in [5.74, 6) is -0.819. The molecule has 2 amide bonds. The van der Waals surface area contributed by atoms with Crippen LogP contribution in [0.15, 0.2) is 24.3 Å². The van der Waals surface area contributed by atoms with Crippen molar-refractivity contribution in [3.8, 4) is 0 Å². The van der Waals surface area contributed by atoms with Crippen molar-refractivity contribution in [2.45, 2.75) is 39.2 Å². The molecule has 1 heterocycles. The Morgan fingerprint density at radius 3 is 2.62 bits per heavy atom. The normalized spacial score (nSPS) is 17.1. The fourth-order valence-corrected chi connectivity index (χ4v) is 3.03. The molecule has 0 saturated carbocycles. The number of rotatable bonds is 6. The van der Waals surface area contributed by atoms with Crippen molar-refractivity contribution in [2.75, 3.05) is 19.6 Å². The molecule has 1 unspecified atom stereocenters. The van der Waals surface area contributed by atoms with E-state index in [2.05, 4.69) is 5.32 Å². The monoisotopic (exact) mass is 380 g/mol. The summed E-state index contributed by atoms with van der Waals surface area (Å²) in [6.07, 6.45) is 1.48. The van der Waals surface area contributed by atoms with Crippen molar-refractivity contribution < 1.29 is 19.1 Å². The number of benzene rings is 1. The van der Waals surface area contributed by atoms with Crippen LogP contribution in [0.5, 0.6) is 0 Å². The molecule has 1 aromatic rings. The lowest BCUT2D eigenvalue weighted by atomic mass is 9.96. The summed E-state index contributed by atoms with van der Waals surface area (Å²) in [6, 6.07) is 6.74. The number of nitrogens with one attached hydrogen (secondary N) is 1. The maximum atomic E-state index is 12.6. The van der Waals surface area contributed by atoms with E-state index in [0.717, 1.165) is 12.8 Å². The van der Waals surface area contributed by atoms with Crippen LogP contribution in [0.25, 0.3) is 0 Å². The molecule has 0 bridgehead atoms. The van der Waals surface area contributed by atoms with Gasteiger partial charge in [-0.1, -0.05) is 11.6 Å². The average molecular weight is 381 g/mol. The summed E-state index contributed by atoms with van der Waals surface area (Å²) in [5, 5.41) is 3.35. The highest BCUT2D eigenvalue weighted by atomic mass is 35.5. The first-order chi connectivity index (χ1) is 12.4. The summed E-state index contributed by atoms with van der Waals surface area (Å²) in [5.41, 5.74) is 0.562. The minimum absolute atomic E-state index is 0.0975. The fraction of sp³-hybridized carbons (Fsp3) is 0.526. The minimum atomic E-state index is -0.330. The summed E-state index contributed by atoms with van der Waals surface area (Å²) in [4.78, 5) is 38.1. The number of carbonyl (C=O) groups is 3. The van der Waals surface area contributed by atoms with Crippen LogP contribution in [0.3, 0.4) is 0 Å². The molecule has 0 radical (unpaired) electrons. The Bertz CT molecular complexity index is 645. The highest BCUT2D eigenvalue weighted by Gasteiger charge is 2.28. The fourth-order valence-electron chi connectivity index (χ4n) is 2.90. The van der Waals surface area contributed by atoms with E-state index >= 15 is 0 Å². The zero-order chi connectivity index (χ0) is 19.1. The molecule has 0 aromatic heterocycles. The molecule has 0 spiro atoms. The quantitative estimate of drug-likeness (QED) is 0.770. The number of likely N-dealkylation sites (tertiary alicyclic amines) is 1. The van der Waals surface area contributed by atoms with Gasteiger partial charge in [0.05, 0.1) is 18.4 Å². The molecule has 1 saturated heterocycles. The number of nitrogens with zero attached hydrogens (tertiary/aromatic N) is 1. The summed E-state index contributed by atoms with van der Waals surface area (Å²) in [7, 11) is 0. The number of amides is 2. The predicted octanol–water partition coefficient (Wildman–Crippen LogP) is 2.65. The van der Waals surface area contributed by atoms with E-state index in [9.17, 15) is 14.4 Å². The molecule has 7 heteroatoms. The molecule has 0 aliphatic carbocycles. The molecule has 142 valence electrons. The molecule has 1 aliphatic heterocycles. The molecule has 1 fully saturated rings. The van der Waals surface area contributed by atoms with Gasteiger partial charge >= 0.3 is 5.97 Å². The maximum Gasteiger partial charge on any atom is 0.307 e. The zero-order valence-corrected chi connectivity index (χ0v) is 15.9. The van der Waals surface area contributed by atoms with Crippen molar-refractivity contribution in [3.05, 3.63) is 34.9 Å². The third kappa shape index (κ3) is 6.02. The van der Waals surface area contributed by atoms with Crippen molar-refractivity contribution >= 4 is 29.4 Å². The van der Waals surface area contributed by atoms with Gasteiger partial charge in [-0.25, -0.2) is 0 Å². The van der Waals surface area contributed by atoms with Crippen LogP contribution < -0.4 is 5.32 Å². The van der Waals surface area contributed by atoms with E-state index < -0.39 is 0 Å². The molecule has 2 rings (SSSR count). The van der Waals surface area contributed by atoms with Crippen molar-refractivity contribution in [2.24, 2.45) is 5.92 Å². The van der Waals surface area contributed by atoms with Crippen LogP contribution in [0, 0.1) is 5.92 Å². The van der Waals surface area contributed by atoms with E-state index in [-0.39, 0.29) is 42.8 Å². The number of ether oxygens (including phenoxy) is 1. The third-order valence-corrected chi connectivity index (χ3v) is 4.42. The molecular weight excluding hydrogens is 356 g/mol. The zero-order valence-electron chi connectivity index (χ0n) is 15.2. The van der Waals surface area contributed by atoms with Crippen LogP contribution in [0.1, 0.15) is 43.5 Å². The lowest BCUT2D eigenvalue weighted by molar-refractivity contribution is -0.147. The molecular formula is C19H25ClN2O4. The first-order valence-electron chi connectivity index (χ1n) is 8.89. The van der Waals surface area contributed by atoms with E-state index in [1.54, 1.807) is 43.0 Å². The first-order valence-corrected chi connectivity index (χ1v) is 9.26. The van der Waals surface area contributed by atoms with Gasteiger partial charge in [-0.3, -0.25) is 14.4 Å². The van der Waals surface area contributed by atoms with Gasteiger partial charge in [0, 0.05) is 30.2 Å². The van der Waals surface area contributed by atoms with Crippen molar-refractivity contribution in [1.82, 2.24) is 10.2 Å². The number of hydrogen-bond acceptors (Lipinski definition) is 4. The van der Waals surface area contributed by atoms with Gasteiger partial charge in [-0.2, -0.15) is 0 Å². The molecule has 1 atom stereocenters. The predicted molar refractivity (Wildman–Crippen MR) is 98.9 cm³/mol. The Morgan fingerprint density at radius 2 is 1.96 bits per heavy atom. The van der Waals surface area contributed by atoms with Gasteiger partial charge in [0.25, 0.3) is 5.91 Å². The van der Waals surface area contributed by atoms with Gasteiger partial charge in [0.1, 0.15) is 0 Å². The van der Waals surface area contributed by atoms with Gasteiger partial charge < -0.3 is 15.0 Å². The minimum Gasteiger partial charge on any atom is -0.463 e. The number of piperidine rings is 1. The SMILES string of the molecule is CC(C)OC(=O)CCNC(=O)C1CCCN(C(=O)c2ccc(Cl)cc2)C1. The van der Waals surface area contributed by atoms with E-state index in [4.69, 9.17) is 16.3 Å². The lowest BCUT2D eigenvalue weighted by Gasteiger charge is -2.32. The van der Waals surface area contributed by atoms with Gasteiger partial charge in [0.15, 0.2) is 0 Å². The van der Waals surface area contributed by atoms with Crippen LogP contribution in [0.4, 0.5) is 0 Å². The number of halogens is 1. The number of esters is 1. The average Bonchev–Trinajstić information content (AvgIpc) is 2.61. The second-order valence-corrected chi connectivity index (χ2v) is 7.11.